The van der Waals surface area contributed by atoms with Crippen molar-refractivity contribution in [1.29, 1.82) is 0 Å². The SMILES string of the molecule is NC(=O)CN(CC(=O)O)C(=O)N(CCO)C1CCCC1. The first kappa shape index (κ1) is 16.2. The van der Waals surface area contributed by atoms with E-state index in [2.05, 4.69) is 0 Å². The molecule has 0 spiro atoms. The van der Waals surface area contributed by atoms with E-state index >= 15 is 0 Å². The number of hydrogen-bond acceptors (Lipinski definition) is 4. The summed E-state index contributed by atoms with van der Waals surface area (Å²) >= 11 is 0. The van der Waals surface area contributed by atoms with E-state index in [0.717, 1.165) is 30.6 Å². The molecule has 0 bridgehead atoms. The molecule has 0 aromatic rings. The minimum Gasteiger partial charge on any atom is -0.480 e. The lowest BCUT2D eigenvalue weighted by Crippen LogP contribution is -2.52. The largest absolute Gasteiger partial charge is 0.480 e. The summed E-state index contributed by atoms with van der Waals surface area (Å²) in [6.45, 7) is -1.12. The number of carboxylic acids is 1. The molecular formula is C12H21N3O5. The van der Waals surface area contributed by atoms with Gasteiger partial charge in [-0.15, -0.1) is 0 Å². The number of rotatable bonds is 7. The fraction of sp³-hybridized carbons (Fsp3) is 0.750. The lowest BCUT2D eigenvalue weighted by atomic mass is 10.2. The van der Waals surface area contributed by atoms with Crippen molar-refractivity contribution < 1.29 is 24.6 Å². The van der Waals surface area contributed by atoms with Crippen LogP contribution in [0.15, 0.2) is 0 Å². The van der Waals surface area contributed by atoms with Gasteiger partial charge in [0, 0.05) is 12.6 Å². The van der Waals surface area contributed by atoms with Crippen LogP contribution in [0.4, 0.5) is 4.79 Å². The Kier molecular flexibility index (Phi) is 6.23. The third-order valence-electron chi connectivity index (χ3n) is 3.30. The summed E-state index contributed by atoms with van der Waals surface area (Å²) in [5.41, 5.74) is 5.04. The van der Waals surface area contributed by atoms with Gasteiger partial charge in [-0.05, 0) is 12.8 Å². The Labute approximate surface area is 117 Å². The molecule has 8 nitrogen and oxygen atoms in total. The Balaban J connectivity index is 2.80. The maximum absolute atomic E-state index is 12.4. The number of amides is 3. The van der Waals surface area contributed by atoms with Crippen molar-refractivity contribution in [2.75, 3.05) is 26.2 Å². The second-order valence-corrected chi connectivity index (χ2v) is 4.85. The molecule has 1 rings (SSSR count). The number of hydrogen-bond donors (Lipinski definition) is 3. The van der Waals surface area contributed by atoms with Crippen LogP contribution in [0.1, 0.15) is 25.7 Å². The van der Waals surface area contributed by atoms with Crippen LogP contribution in [0.2, 0.25) is 0 Å². The zero-order chi connectivity index (χ0) is 15.1. The second-order valence-electron chi connectivity index (χ2n) is 4.85. The molecule has 0 radical (unpaired) electrons. The molecule has 114 valence electrons. The highest BCUT2D eigenvalue weighted by Crippen LogP contribution is 2.24. The number of aliphatic carboxylic acids is 1. The normalized spacial score (nSPS) is 15.1. The summed E-state index contributed by atoms with van der Waals surface area (Å²) in [4.78, 5) is 36.5. The third-order valence-corrected chi connectivity index (χ3v) is 3.30. The highest BCUT2D eigenvalue weighted by Gasteiger charge is 2.30. The number of carboxylic acid groups (broad SMARTS) is 1. The maximum atomic E-state index is 12.4. The van der Waals surface area contributed by atoms with Gasteiger partial charge < -0.3 is 25.7 Å². The van der Waals surface area contributed by atoms with E-state index in [9.17, 15) is 14.4 Å². The molecule has 0 atom stereocenters. The van der Waals surface area contributed by atoms with Crippen LogP contribution in [0, 0.1) is 0 Å². The second kappa shape index (κ2) is 7.68. The van der Waals surface area contributed by atoms with E-state index in [4.69, 9.17) is 15.9 Å². The lowest BCUT2D eigenvalue weighted by molar-refractivity contribution is -0.138. The van der Waals surface area contributed by atoms with Gasteiger partial charge in [0.2, 0.25) is 5.91 Å². The summed E-state index contributed by atoms with van der Waals surface area (Å²) in [5, 5.41) is 17.9. The minimum atomic E-state index is -1.21. The topological polar surface area (TPSA) is 124 Å². The number of carbonyl (C=O) groups is 3. The monoisotopic (exact) mass is 287 g/mol. The number of aliphatic hydroxyl groups is 1. The van der Waals surface area contributed by atoms with Gasteiger partial charge in [-0.25, -0.2) is 4.79 Å². The van der Waals surface area contributed by atoms with E-state index in [-0.39, 0.29) is 19.2 Å². The van der Waals surface area contributed by atoms with Crippen molar-refractivity contribution in [1.82, 2.24) is 9.80 Å². The minimum absolute atomic E-state index is 0.0150. The van der Waals surface area contributed by atoms with Crippen LogP contribution in [0.5, 0.6) is 0 Å². The lowest BCUT2D eigenvalue weighted by Gasteiger charge is -2.33. The standard InChI is InChI=1S/C12H21N3O5/c13-10(17)7-14(8-11(18)19)12(20)15(5-6-16)9-3-1-2-4-9/h9,16H,1-8H2,(H2,13,17)(H,18,19). The van der Waals surface area contributed by atoms with Crippen molar-refractivity contribution in [3.8, 4) is 0 Å². The van der Waals surface area contributed by atoms with E-state index in [1.165, 1.54) is 4.90 Å². The molecule has 0 aliphatic heterocycles. The molecule has 8 heteroatoms. The Morgan fingerprint density at radius 3 is 2.20 bits per heavy atom. The van der Waals surface area contributed by atoms with Crippen molar-refractivity contribution in [3.63, 3.8) is 0 Å². The van der Waals surface area contributed by atoms with Gasteiger partial charge in [-0.2, -0.15) is 0 Å². The number of nitrogens with zero attached hydrogens (tertiary/aromatic N) is 2. The van der Waals surface area contributed by atoms with Gasteiger partial charge in [0.15, 0.2) is 0 Å². The summed E-state index contributed by atoms with van der Waals surface area (Å²) in [6.07, 6.45) is 3.63. The van der Waals surface area contributed by atoms with Crippen molar-refractivity contribution in [3.05, 3.63) is 0 Å². The third kappa shape index (κ3) is 4.69. The molecule has 1 aliphatic carbocycles. The van der Waals surface area contributed by atoms with Gasteiger partial charge in [0.05, 0.1) is 6.61 Å². The highest BCUT2D eigenvalue weighted by atomic mass is 16.4. The number of primary amides is 1. The number of carbonyl (C=O) groups excluding carboxylic acids is 2. The molecular weight excluding hydrogens is 266 g/mol. The highest BCUT2D eigenvalue weighted by molar-refractivity contribution is 5.86. The molecule has 0 saturated heterocycles. The molecule has 0 heterocycles. The molecule has 1 saturated carbocycles. The van der Waals surface area contributed by atoms with E-state index in [0.29, 0.717) is 0 Å². The molecule has 0 aromatic carbocycles. The van der Waals surface area contributed by atoms with Gasteiger partial charge in [-0.3, -0.25) is 9.59 Å². The molecule has 0 unspecified atom stereocenters. The average molecular weight is 287 g/mol. The van der Waals surface area contributed by atoms with E-state index in [1.54, 1.807) is 0 Å². The van der Waals surface area contributed by atoms with Crippen LogP contribution >= 0.6 is 0 Å². The fourth-order valence-electron chi connectivity index (χ4n) is 2.48. The van der Waals surface area contributed by atoms with Crippen LogP contribution in [-0.4, -0.2) is 70.2 Å². The van der Waals surface area contributed by atoms with Gasteiger partial charge >= 0.3 is 12.0 Å². The molecule has 20 heavy (non-hydrogen) atoms. The van der Waals surface area contributed by atoms with Crippen LogP contribution < -0.4 is 5.73 Å². The van der Waals surface area contributed by atoms with Crippen LogP contribution in [0.25, 0.3) is 0 Å². The Morgan fingerprint density at radius 2 is 1.75 bits per heavy atom. The van der Waals surface area contributed by atoms with Crippen LogP contribution in [0.3, 0.4) is 0 Å². The number of aliphatic hydroxyl groups excluding tert-OH is 1. The van der Waals surface area contributed by atoms with Gasteiger partial charge in [-0.1, -0.05) is 12.8 Å². The molecule has 1 aliphatic rings. The molecule has 4 N–H and O–H groups in total. The first-order valence-corrected chi connectivity index (χ1v) is 6.62. The maximum Gasteiger partial charge on any atom is 0.323 e. The Bertz CT molecular complexity index is 352. The zero-order valence-corrected chi connectivity index (χ0v) is 11.3. The Hall–Kier alpha value is -1.83. The predicted octanol–water partition coefficient (Wildman–Crippen LogP) is -0.785. The van der Waals surface area contributed by atoms with Crippen molar-refractivity contribution in [2.24, 2.45) is 5.73 Å². The smallest absolute Gasteiger partial charge is 0.323 e. The molecule has 1 fully saturated rings. The molecule has 0 aromatic heterocycles. The summed E-state index contributed by atoms with van der Waals surface area (Å²) < 4.78 is 0. The van der Waals surface area contributed by atoms with Gasteiger partial charge in [0.25, 0.3) is 0 Å². The van der Waals surface area contributed by atoms with E-state index < -0.39 is 31.0 Å². The van der Waals surface area contributed by atoms with Gasteiger partial charge in [0.1, 0.15) is 13.1 Å². The fourth-order valence-corrected chi connectivity index (χ4v) is 2.48. The van der Waals surface area contributed by atoms with Crippen LogP contribution in [-0.2, 0) is 9.59 Å². The van der Waals surface area contributed by atoms with Crippen molar-refractivity contribution >= 4 is 17.9 Å². The Morgan fingerprint density at radius 1 is 1.15 bits per heavy atom. The quantitative estimate of drug-likeness (QED) is 0.566. The zero-order valence-electron chi connectivity index (χ0n) is 11.3. The number of urea groups is 1. The number of nitrogens with two attached hydrogens (primary N) is 1. The van der Waals surface area contributed by atoms with Crippen molar-refractivity contribution in [2.45, 2.75) is 31.7 Å². The first-order valence-electron chi connectivity index (χ1n) is 6.62. The molecule has 3 amide bonds. The summed E-state index contributed by atoms with van der Waals surface area (Å²) in [5.74, 6) is -1.98. The summed E-state index contributed by atoms with van der Waals surface area (Å²) in [7, 11) is 0. The first-order chi connectivity index (χ1) is 9.45. The van der Waals surface area contributed by atoms with E-state index in [1.807, 2.05) is 0 Å². The average Bonchev–Trinajstić information content (AvgIpc) is 2.86. The predicted molar refractivity (Wildman–Crippen MR) is 69.8 cm³/mol. The summed E-state index contributed by atoms with van der Waals surface area (Å²) in [6, 6.07) is -0.578.